The summed E-state index contributed by atoms with van der Waals surface area (Å²) in [4.78, 5) is 10.2. The first-order chi connectivity index (χ1) is 6.39. The van der Waals surface area contributed by atoms with E-state index in [0.717, 1.165) is 0 Å². The van der Waals surface area contributed by atoms with Crippen LogP contribution in [0.4, 0.5) is 0 Å². The first-order valence-electron chi connectivity index (χ1n) is 3.64. The quantitative estimate of drug-likeness (QED) is 0.846. The largest absolute Gasteiger partial charge is 0.481 e. The van der Waals surface area contributed by atoms with E-state index in [-0.39, 0.29) is 18.6 Å². The van der Waals surface area contributed by atoms with Gasteiger partial charge in [-0.05, 0) is 0 Å². The smallest absolute Gasteiger partial charge is 0.303 e. The monoisotopic (exact) mass is 257 g/mol. The van der Waals surface area contributed by atoms with E-state index in [9.17, 15) is 4.79 Å². The van der Waals surface area contributed by atoms with Crippen LogP contribution in [0.5, 0.6) is 0 Å². The molecule has 0 saturated heterocycles. The number of aromatic nitrogens is 1. The maximum absolute atomic E-state index is 10.2. The van der Waals surface area contributed by atoms with Crippen molar-refractivity contribution in [2.75, 3.05) is 0 Å². The molecule has 0 amide bonds. The van der Waals surface area contributed by atoms with Crippen molar-refractivity contribution in [3.8, 4) is 0 Å². The number of alkyl halides is 3. The third kappa shape index (κ3) is 3.36. The minimum atomic E-state index is -1.66. The molecule has 0 unspecified atom stereocenters. The van der Waals surface area contributed by atoms with E-state index in [1.165, 1.54) is 6.07 Å². The molecule has 0 bridgehead atoms. The number of halogens is 3. The van der Waals surface area contributed by atoms with Crippen molar-refractivity contribution in [1.29, 1.82) is 0 Å². The fourth-order valence-corrected chi connectivity index (χ4v) is 1.07. The molecule has 0 fully saturated rings. The number of carbonyl (C=O) groups is 1. The van der Waals surface area contributed by atoms with Crippen molar-refractivity contribution < 1.29 is 14.4 Å². The topological polar surface area (TPSA) is 63.3 Å². The van der Waals surface area contributed by atoms with Gasteiger partial charge in [0.05, 0.1) is 12.1 Å². The van der Waals surface area contributed by atoms with Crippen LogP contribution in [-0.4, -0.2) is 16.2 Å². The van der Waals surface area contributed by atoms with Crippen molar-refractivity contribution in [3.05, 3.63) is 17.5 Å². The molecular formula is C7H6Cl3NO3. The van der Waals surface area contributed by atoms with Crippen molar-refractivity contribution in [1.82, 2.24) is 5.16 Å². The van der Waals surface area contributed by atoms with Gasteiger partial charge in [0.2, 0.25) is 0 Å². The molecule has 7 heteroatoms. The Morgan fingerprint density at radius 2 is 2.21 bits per heavy atom. The first-order valence-corrected chi connectivity index (χ1v) is 4.77. The Kier molecular flexibility index (Phi) is 3.64. The number of carboxylic acid groups (broad SMARTS) is 1. The second kappa shape index (κ2) is 4.38. The summed E-state index contributed by atoms with van der Waals surface area (Å²) in [6.45, 7) is 0. The van der Waals surface area contributed by atoms with E-state index in [2.05, 4.69) is 5.16 Å². The molecule has 0 aromatic carbocycles. The Balaban J connectivity index is 2.64. The fraction of sp³-hybridized carbons (Fsp3) is 0.429. The Bertz CT molecular complexity index is 331. The summed E-state index contributed by atoms with van der Waals surface area (Å²) in [6, 6.07) is 1.43. The number of hydrogen-bond donors (Lipinski definition) is 1. The van der Waals surface area contributed by atoms with Gasteiger partial charge in [-0.1, -0.05) is 40.0 Å². The minimum absolute atomic E-state index is 0.0359. The van der Waals surface area contributed by atoms with Crippen molar-refractivity contribution in [3.63, 3.8) is 0 Å². The van der Waals surface area contributed by atoms with Crippen LogP contribution in [-0.2, 0) is 15.0 Å². The predicted octanol–water partition coefficient (Wildman–Crippen LogP) is 2.52. The van der Waals surface area contributed by atoms with Crippen LogP contribution in [0.1, 0.15) is 17.9 Å². The fourth-order valence-electron chi connectivity index (χ4n) is 0.798. The molecule has 0 saturated carbocycles. The van der Waals surface area contributed by atoms with Crippen molar-refractivity contribution in [2.24, 2.45) is 0 Å². The van der Waals surface area contributed by atoms with Gasteiger partial charge in [0, 0.05) is 12.5 Å². The van der Waals surface area contributed by atoms with Gasteiger partial charge in [0.25, 0.3) is 3.79 Å². The molecule has 4 nitrogen and oxygen atoms in total. The van der Waals surface area contributed by atoms with Gasteiger partial charge in [0.15, 0.2) is 5.76 Å². The van der Waals surface area contributed by atoms with Gasteiger partial charge >= 0.3 is 5.97 Å². The molecule has 1 aromatic rings. The Labute approximate surface area is 94.7 Å². The van der Waals surface area contributed by atoms with Crippen LogP contribution in [0.25, 0.3) is 0 Å². The van der Waals surface area contributed by atoms with Gasteiger partial charge in [-0.3, -0.25) is 4.79 Å². The predicted molar refractivity (Wildman–Crippen MR) is 51.7 cm³/mol. The summed E-state index contributed by atoms with van der Waals surface area (Å²) < 4.78 is 3.06. The summed E-state index contributed by atoms with van der Waals surface area (Å²) in [7, 11) is 0. The number of aryl methyl sites for hydroxylation is 1. The Morgan fingerprint density at radius 3 is 2.64 bits per heavy atom. The van der Waals surface area contributed by atoms with Crippen LogP contribution in [0.3, 0.4) is 0 Å². The normalized spacial score (nSPS) is 11.6. The number of rotatable bonds is 3. The highest BCUT2D eigenvalue weighted by atomic mass is 35.6. The first kappa shape index (κ1) is 11.6. The molecule has 0 aliphatic heterocycles. The van der Waals surface area contributed by atoms with Crippen LogP contribution in [0.2, 0.25) is 0 Å². The lowest BCUT2D eigenvalue weighted by molar-refractivity contribution is -0.136. The summed E-state index contributed by atoms with van der Waals surface area (Å²) >= 11 is 16.5. The van der Waals surface area contributed by atoms with Gasteiger partial charge in [-0.2, -0.15) is 0 Å². The third-order valence-corrected chi connectivity index (χ3v) is 1.99. The molecule has 14 heavy (non-hydrogen) atoms. The lowest BCUT2D eigenvalue weighted by Gasteiger charge is -2.02. The maximum Gasteiger partial charge on any atom is 0.303 e. The standard InChI is InChI=1S/C7H6Cl3NO3/c8-7(9,10)5-3-4(11-14-5)1-2-6(12)13/h3H,1-2H2,(H,12,13). The summed E-state index contributed by atoms with van der Waals surface area (Å²) in [6.07, 6.45) is 0.214. The van der Waals surface area contributed by atoms with Crippen molar-refractivity contribution >= 4 is 40.8 Å². The zero-order chi connectivity index (χ0) is 10.8. The Hall–Kier alpha value is -0.450. The van der Waals surface area contributed by atoms with E-state index in [1.807, 2.05) is 0 Å². The van der Waals surface area contributed by atoms with Crippen LogP contribution in [0.15, 0.2) is 10.6 Å². The molecule has 0 radical (unpaired) electrons. The minimum Gasteiger partial charge on any atom is -0.481 e. The maximum atomic E-state index is 10.2. The van der Waals surface area contributed by atoms with E-state index in [4.69, 9.17) is 44.4 Å². The zero-order valence-electron chi connectivity index (χ0n) is 6.84. The highest BCUT2D eigenvalue weighted by Gasteiger charge is 2.28. The second-order valence-corrected chi connectivity index (χ2v) is 4.86. The highest BCUT2D eigenvalue weighted by molar-refractivity contribution is 6.66. The van der Waals surface area contributed by atoms with Crippen LogP contribution >= 0.6 is 34.8 Å². The molecule has 1 aromatic heterocycles. The third-order valence-electron chi connectivity index (χ3n) is 1.43. The molecule has 0 aliphatic rings. The van der Waals surface area contributed by atoms with Crippen LogP contribution in [0, 0.1) is 0 Å². The molecule has 0 spiro atoms. The van der Waals surface area contributed by atoms with E-state index in [1.54, 1.807) is 0 Å². The molecule has 1 N–H and O–H groups in total. The molecule has 78 valence electrons. The second-order valence-electron chi connectivity index (χ2n) is 2.57. The summed E-state index contributed by atoms with van der Waals surface area (Å²) in [5.41, 5.74) is 0.453. The Morgan fingerprint density at radius 1 is 1.57 bits per heavy atom. The molecule has 1 rings (SSSR count). The SMILES string of the molecule is O=C(O)CCc1cc(C(Cl)(Cl)Cl)on1. The molecule has 0 atom stereocenters. The van der Waals surface area contributed by atoms with E-state index in [0.29, 0.717) is 5.69 Å². The number of aliphatic carboxylic acids is 1. The van der Waals surface area contributed by atoms with Gasteiger partial charge < -0.3 is 9.63 Å². The highest BCUT2D eigenvalue weighted by Crippen LogP contribution is 2.38. The average Bonchev–Trinajstić information content (AvgIpc) is 2.47. The molecule has 1 heterocycles. The van der Waals surface area contributed by atoms with Gasteiger partial charge in [0.1, 0.15) is 0 Å². The van der Waals surface area contributed by atoms with Gasteiger partial charge in [-0.25, -0.2) is 0 Å². The number of carboxylic acids is 1. The van der Waals surface area contributed by atoms with Crippen LogP contribution < -0.4 is 0 Å². The van der Waals surface area contributed by atoms with E-state index >= 15 is 0 Å². The van der Waals surface area contributed by atoms with Crippen molar-refractivity contribution in [2.45, 2.75) is 16.6 Å². The lowest BCUT2D eigenvalue weighted by Crippen LogP contribution is -1.98. The number of hydrogen-bond acceptors (Lipinski definition) is 3. The summed E-state index contributed by atoms with van der Waals surface area (Å²) in [5, 5.41) is 12.0. The number of nitrogens with zero attached hydrogens (tertiary/aromatic N) is 1. The molecule has 0 aliphatic carbocycles. The van der Waals surface area contributed by atoms with Gasteiger partial charge in [-0.15, -0.1) is 0 Å². The molecular weight excluding hydrogens is 252 g/mol. The zero-order valence-corrected chi connectivity index (χ0v) is 9.10. The lowest BCUT2D eigenvalue weighted by atomic mass is 10.2. The van der Waals surface area contributed by atoms with E-state index < -0.39 is 9.76 Å². The summed E-state index contributed by atoms with van der Waals surface area (Å²) in [5.74, 6) is -0.827. The average molecular weight is 258 g/mol.